The monoisotopic (exact) mass is 562 g/mol. The molecule has 0 fully saturated rings. The van der Waals surface area contributed by atoms with E-state index in [9.17, 15) is 0 Å². The second kappa shape index (κ2) is 31.4. The summed E-state index contributed by atoms with van der Waals surface area (Å²) in [5.41, 5.74) is 0. The van der Waals surface area contributed by atoms with E-state index in [2.05, 4.69) is 0 Å². The fourth-order valence-electron chi connectivity index (χ4n) is 0. The largest absolute Gasteiger partial charge is 3.00 e. The summed E-state index contributed by atoms with van der Waals surface area (Å²) in [6.45, 7) is 0. The first kappa shape index (κ1) is 74.1. The molecule has 0 saturated heterocycles. The Morgan fingerprint density at radius 3 is 0.391 bits per heavy atom. The van der Waals surface area contributed by atoms with E-state index in [1.165, 1.54) is 0 Å². The molecule has 0 rings (SSSR count). The Bertz CT molecular complexity index is 348. The van der Waals surface area contributed by atoms with Crippen molar-refractivity contribution in [2.75, 3.05) is 0 Å². The maximum absolute atomic E-state index is 8.52. The maximum Gasteiger partial charge on any atom is 3.00 e. The van der Waals surface area contributed by atoms with Gasteiger partial charge in [-0.1, -0.05) is 0 Å². The molecule has 0 spiro atoms. The zero-order valence-corrected chi connectivity index (χ0v) is 17.0. The van der Waals surface area contributed by atoms with Crippen LogP contribution in [0.5, 0.6) is 0 Å². The molecule has 0 unspecified atom stereocenters. The average Bonchev–Trinajstić information content (AvgIpc) is 1.41. The molecule has 4 radical (unpaired) electrons. The molecule has 0 aromatic carbocycles. The van der Waals surface area contributed by atoms with E-state index < -0.39 is 31.2 Å². The fraction of sp³-hybridized carbons (Fsp3) is 0. The van der Waals surface area contributed by atoms with Crippen molar-refractivity contribution < 1.29 is 144 Å². The van der Waals surface area contributed by atoms with Crippen LogP contribution in [-0.4, -0.2) is 58.0 Å². The molecule has 0 aliphatic heterocycles. The topological polar surface area (TPSA) is 358 Å². The normalized spacial score (nSPS) is 7.57. The third-order valence-corrected chi connectivity index (χ3v) is 0. The van der Waals surface area contributed by atoms with Crippen LogP contribution >= 0.6 is 0 Å². The quantitative estimate of drug-likeness (QED) is 0.197. The summed E-state index contributed by atoms with van der Waals surface area (Å²) in [6.07, 6.45) is 0. The molecule has 0 aliphatic carbocycles. The van der Waals surface area contributed by atoms with Gasteiger partial charge in [-0.2, -0.15) is 0 Å². The van der Waals surface area contributed by atoms with E-state index in [4.69, 9.17) is 52.6 Å². The first-order valence-corrected chi connectivity index (χ1v) is 6.00. The minimum atomic E-state index is -5.17. The second-order valence-electron chi connectivity index (χ2n) is 1.22. The zero-order chi connectivity index (χ0) is 13.5. The van der Waals surface area contributed by atoms with E-state index in [0.717, 1.165) is 0 Å². The van der Waals surface area contributed by atoms with Gasteiger partial charge in [-0.15, -0.1) is 0 Å². The Balaban J connectivity index is -0.00000000889. The van der Waals surface area contributed by atoms with Gasteiger partial charge in [-0.25, -0.2) is 0 Å². The van der Waals surface area contributed by atoms with Crippen LogP contribution in [0.25, 0.3) is 0 Å². The van der Waals surface area contributed by atoms with Gasteiger partial charge in [0, 0.05) is 31.2 Å². The molecule has 140 valence electrons. The third-order valence-electron chi connectivity index (χ3n) is 0. The van der Waals surface area contributed by atoms with Gasteiger partial charge in [0.1, 0.15) is 0 Å². The van der Waals surface area contributed by atoms with Crippen LogP contribution in [0.2, 0.25) is 0 Å². The van der Waals surface area contributed by atoms with Crippen molar-refractivity contribution in [2.24, 2.45) is 0 Å². The summed E-state index contributed by atoms with van der Waals surface area (Å²) < 4.78 is 102. The van der Waals surface area contributed by atoms with Crippen LogP contribution in [0.1, 0.15) is 0 Å². The summed E-state index contributed by atoms with van der Waals surface area (Å²) >= 11 is 0. The molecule has 0 saturated carbocycles. The summed E-state index contributed by atoms with van der Waals surface area (Å²) in [5.74, 6) is 0. The van der Waals surface area contributed by atoms with E-state index in [0.29, 0.717) is 0 Å². The van der Waals surface area contributed by atoms with Gasteiger partial charge in [-0.3, -0.25) is 25.3 Å². The molecule has 0 aromatic heterocycles. The Labute approximate surface area is 174 Å². The molecule has 2 N–H and O–H groups in total. The third kappa shape index (κ3) is 4400. The molecular weight excluding hydrogens is 560 g/mol. The van der Waals surface area contributed by atoms with Crippen LogP contribution in [-0.2, 0) is 117 Å². The minimum absolute atomic E-state index is 0. The zero-order valence-electron chi connectivity index (χ0n) is 9.48. The van der Waals surface area contributed by atoms with Crippen LogP contribution in [0.15, 0.2) is 0 Å². The van der Waals surface area contributed by atoms with Crippen molar-refractivity contribution in [3.8, 4) is 0 Å². The summed E-state index contributed by atoms with van der Waals surface area (Å²) in [6, 6.07) is 0. The number of hydrogen-bond donors (Lipinski definition) is 0. The predicted molar refractivity (Wildman–Crippen MR) is 37.1 cm³/mol. The molecule has 0 aliphatic rings. The summed E-state index contributed by atoms with van der Waals surface area (Å²) in [7, 11) is -15.5. The fourth-order valence-corrected chi connectivity index (χ4v) is 0. The first-order valence-electron chi connectivity index (χ1n) is 2.00. The van der Waals surface area contributed by atoms with Gasteiger partial charge in [-0.05, 0) is 0 Å². The van der Waals surface area contributed by atoms with Crippen molar-refractivity contribution in [1.29, 1.82) is 0 Å². The standard InChI is InChI=1S/4Cr.3H2O4S.H2O.3O/c;;;;3*1-5(2,3)4;;;;/h;;;;3*(H2,1,2,3,4);1H2;;;/q4*+3;;;;;3*-2/p-6. The summed E-state index contributed by atoms with van der Waals surface area (Å²) in [5, 5.41) is 0. The van der Waals surface area contributed by atoms with Crippen molar-refractivity contribution >= 4 is 31.2 Å². The first-order chi connectivity index (χ1) is 6.00. The van der Waals surface area contributed by atoms with Crippen LogP contribution in [0.3, 0.4) is 0 Å². The SMILES string of the molecule is O.O=S(=O)([O-])[O-].O=S(=O)([O-])[O-].O=S(=O)([O-])[O-].[Cr+3].[Cr+3].[Cr+3].[Cr+3].[O-2].[O-2].[O-2]. The van der Waals surface area contributed by atoms with Gasteiger partial charge in [0.25, 0.3) is 0 Å². The van der Waals surface area contributed by atoms with Gasteiger partial charge in [0.15, 0.2) is 0 Å². The molecule has 0 heterocycles. The van der Waals surface area contributed by atoms with Crippen LogP contribution in [0, 0.1) is 0 Å². The van der Waals surface area contributed by atoms with Crippen LogP contribution < -0.4 is 0 Å². The summed E-state index contributed by atoms with van der Waals surface area (Å²) in [4.78, 5) is 0. The maximum atomic E-state index is 8.52. The molecule has 0 atom stereocenters. The van der Waals surface area contributed by atoms with Gasteiger partial charge in [0.2, 0.25) is 0 Å². The molecule has 23 heavy (non-hydrogen) atoms. The molecular formula is H2Cr4O16S3. The molecule has 16 nitrogen and oxygen atoms in total. The number of rotatable bonds is 0. The van der Waals surface area contributed by atoms with Crippen LogP contribution in [0.4, 0.5) is 0 Å². The number of hydrogen-bond acceptors (Lipinski definition) is 12. The van der Waals surface area contributed by atoms with E-state index in [-0.39, 0.29) is 91.3 Å². The minimum Gasteiger partial charge on any atom is -2.00 e. The molecule has 0 bridgehead atoms. The van der Waals surface area contributed by atoms with Crippen molar-refractivity contribution in [3.63, 3.8) is 0 Å². The Kier molecular flexibility index (Phi) is 101. The van der Waals surface area contributed by atoms with E-state index >= 15 is 0 Å². The van der Waals surface area contributed by atoms with Gasteiger partial charge < -0.3 is 49.2 Å². The van der Waals surface area contributed by atoms with E-state index in [1.54, 1.807) is 0 Å². The van der Waals surface area contributed by atoms with Crippen molar-refractivity contribution in [2.45, 2.75) is 0 Å². The smallest absolute Gasteiger partial charge is 2.00 e. The Morgan fingerprint density at radius 1 is 0.391 bits per heavy atom. The Hall–Kier alpha value is 1.58. The molecule has 0 aromatic rings. The molecule has 0 amide bonds. The molecule has 23 heteroatoms. The van der Waals surface area contributed by atoms with Crippen molar-refractivity contribution in [3.05, 3.63) is 0 Å². The van der Waals surface area contributed by atoms with Gasteiger partial charge >= 0.3 is 69.4 Å². The Morgan fingerprint density at radius 2 is 0.391 bits per heavy atom. The van der Waals surface area contributed by atoms with E-state index in [1.807, 2.05) is 0 Å². The van der Waals surface area contributed by atoms with Crippen molar-refractivity contribution in [1.82, 2.24) is 0 Å². The predicted octanol–water partition coefficient (Wildman–Crippen LogP) is -5.21. The second-order valence-corrected chi connectivity index (χ2v) is 3.67. The van der Waals surface area contributed by atoms with Gasteiger partial charge in [0.05, 0.1) is 0 Å². The average molecular weight is 562 g/mol.